The molecule has 3 nitrogen and oxygen atoms in total. The summed E-state index contributed by atoms with van der Waals surface area (Å²) in [6.07, 6.45) is 2.69. The first-order chi connectivity index (χ1) is 9.97. The zero-order valence-electron chi connectivity index (χ0n) is 11.9. The van der Waals surface area contributed by atoms with Gasteiger partial charge in [0.25, 0.3) is 0 Å². The largest absolute Gasteiger partial charge is 0.478 e. The molecule has 0 heterocycles. The molecule has 1 N–H and O–H groups in total. The first-order valence-corrected chi connectivity index (χ1v) is 6.86. The first kappa shape index (κ1) is 15.1. The Morgan fingerprint density at radius 1 is 1.19 bits per heavy atom. The lowest BCUT2D eigenvalue weighted by Gasteiger charge is -2.22. The number of rotatable bonds is 4. The van der Waals surface area contributed by atoms with Crippen LogP contribution < -0.4 is 4.90 Å². The second kappa shape index (κ2) is 6.46. The molecule has 0 fully saturated rings. The van der Waals surface area contributed by atoms with Crippen molar-refractivity contribution in [3.8, 4) is 0 Å². The molecule has 4 heteroatoms. The molecule has 0 aliphatic heterocycles. The van der Waals surface area contributed by atoms with E-state index in [0.717, 1.165) is 23.0 Å². The van der Waals surface area contributed by atoms with Crippen LogP contribution in [0.25, 0.3) is 6.08 Å². The Morgan fingerprint density at radius 3 is 2.48 bits per heavy atom. The van der Waals surface area contributed by atoms with Crippen LogP contribution in [-0.4, -0.2) is 18.1 Å². The highest BCUT2D eigenvalue weighted by Crippen LogP contribution is 2.30. The highest BCUT2D eigenvalue weighted by Gasteiger charge is 2.09. The molecule has 0 bridgehead atoms. The molecule has 0 aliphatic carbocycles. The number of anilines is 2. The Labute approximate surface area is 129 Å². The standard InChI is InChI=1S/C17H16ClNO2/c1-12-3-8-15(9-4-12)19(2)16-11-14(18)7-5-13(16)6-10-17(20)21/h3-11H,1-2H3,(H,20,21)/b10-6+. The van der Waals surface area contributed by atoms with E-state index >= 15 is 0 Å². The number of hydrogen-bond acceptors (Lipinski definition) is 2. The summed E-state index contributed by atoms with van der Waals surface area (Å²) in [7, 11) is 1.93. The van der Waals surface area contributed by atoms with Gasteiger partial charge in [-0.15, -0.1) is 0 Å². The van der Waals surface area contributed by atoms with Crippen molar-refractivity contribution in [3.63, 3.8) is 0 Å². The van der Waals surface area contributed by atoms with Crippen molar-refractivity contribution in [1.29, 1.82) is 0 Å². The Balaban J connectivity index is 2.43. The van der Waals surface area contributed by atoms with Gasteiger partial charge in [0.2, 0.25) is 0 Å². The maximum Gasteiger partial charge on any atom is 0.328 e. The number of hydrogen-bond donors (Lipinski definition) is 1. The van der Waals surface area contributed by atoms with Gasteiger partial charge < -0.3 is 10.0 Å². The van der Waals surface area contributed by atoms with E-state index in [9.17, 15) is 4.79 Å². The van der Waals surface area contributed by atoms with Crippen molar-refractivity contribution in [3.05, 3.63) is 64.7 Å². The molecule has 0 spiro atoms. The molecule has 0 radical (unpaired) electrons. The van der Waals surface area contributed by atoms with Gasteiger partial charge in [0.15, 0.2) is 0 Å². The van der Waals surface area contributed by atoms with Gasteiger partial charge >= 0.3 is 5.97 Å². The van der Waals surface area contributed by atoms with Gasteiger partial charge in [-0.1, -0.05) is 35.4 Å². The lowest BCUT2D eigenvalue weighted by molar-refractivity contribution is -0.131. The molecule has 0 saturated heterocycles. The summed E-state index contributed by atoms with van der Waals surface area (Å²) >= 11 is 6.07. The number of halogens is 1. The van der Waals surface area contributed by atoms with Crippen LogP contribution in [0.4, 0.5) is 11.4 Å². The van der Waals surface area contributed by atoms with Gasteiger partial charge in [0, 0.05) is 29.5 Å². The molecular weight excluding hydrogens is 286 g/mol. The third-order valence-corrected chi connectivity index (χ3v) is 3.42. The molecular formula is C17H16ClNO2. The predicted octanol–water partition coefficient (Wildman–Crippen LogP) is 4.51. The van der Waals surface area contributed by atoms with E-state index in [4.69, 9.17) is 16.7 Å². The van der Waals surface area contributed by atoms with Gasteiger partial charge in [-0.05, 0) is 42.8 Å². The fraction of sp³-hybridized carbons (Fsp3) is 0.118. The number of benzene rings is 2. The second-order valence-electron chi connectivity index (χ2n) is 4.77. The zero-order chi connectivity index (χ0) is 15.4. The third-order valence-electron chi connectivity index (χ3n) is 3.18. The normalized spacial score (nSPS) is 10.8. The summed E-state index contributed by atoms with van der Waals surface area (Å²) in [6.45, 7) is 2.03. The monoisotopic (exact) mass is 301 g/mol. The van der Waals surface area contributed by atoms with E-state index in [1.165, 1.54) is 5.56 Å². The summed E-state index contributed by atoms with van der Waals surface area (Å²) < 4.78 is 0. The van der Waals surface area contributed by atoms with Crippen LogP contribution in [0.2, 0.25) is 5.02 Å². The molecule has 2 aromatic carbocycles. The molecule has 0 aromatic heterocycles. The molecule has 0 aliphatic rings. The van der Waals surface area contributed by atoms with Crippen LogP contribution in [0, 0.1) is 6.92 Å². The minimum absolute atomic E-state index is 0.608. The lowest BCUT2D eigenvalue weighted by atomic mass is 10.1. The molecule has 0 saturated carbocycles. The van der Waals surface area contributed by atoms with Gasteiger partial charge in [0.05, 0.1) is 0 Å². The minimum atomic E-state index is -0.978. The van der Waals surface area contributed by atoms with Crippen molar-refractivity contribution >= 4 is 35.0 Å². The molecule has 108 valence electrons. The van der Waals surface area contributed by atoms with Crippen LogP contribution in [0.5, 0.6) is 0 Å². The van der Waals surface area contributed by atoms with Crippen LogP contribution in [0.15, 0.2) is 48.5 Å². The Morgan fingerprint density at radius 2 is 1.86 bits per heavy atom. The number of carbonyl (C=O) groups is 1. The average molecular weight is 302 g/mol. The third kappa shape index (κ3) is 3.86. The van der Waals surface area contributed by atoms with Gasteiger partial charge in [-0.25, -0.2) is 4.79 Å². The first-order valence-electron chi connectivity index (χ1n) is 6.48. The Bertz CT molecular complexity index is 678. The summed E-state index contributed by atoms with van der Waals surface area (Å²) in [5.74, 6) is -0.978. The highest BCUT2D eigenvalue weighted by molar-refractivity contribution is 6.31. The molecule has 2 aromatic rings. The fourth-order valence-corrected chi connectivity index (χ4v) is 2.18. The minimum Gasteiger partial charge on any atom is -0.478 e. The van der Waals surface area contributed by atoms with Crippen molar-refractivity contribution in [2.45, 2.75) is 6.92 Å². The zero-order valence-corrected chi connectivity index (χ0v) is 12.6. The molecule has 0 unspecified atom stereocenters. The summed E-state index contributed by atoms with van der Waals surface area (Å²) in [6, 6.07) is 13.5. The van der Waals surface area contributed by atoms with Gasteiger partial charge in [-0.3, -0.25) is 0 Å². The Hall–Kier alpha value is -2.26. The lowest BCUT2D eigenvalue weighted by Crippen LogP contribution is -2.10. The van der Waals surface area contributed by atoms with E-state index in [0.29, 0.717) is 5.02 Å². The summed E-state index contributed by atoms with van der Waals surface area (Å²) in [4.78, 5) is 12.7. The van der Waals surface area contributed by atoms with Crippen LogP contribution in [-0.2, 0) is 4.79 Å². The summed E-state index contributed by atoms with van der Waals surface area (Å²) in [5, 5.41) is 9.39. The maximum absolute atomic E-state index is 10.7. The van der Waals surface area contributed by atoms with Crippen molar-refractivity contribution in [2.24, 2.45) is 0 Å². The highest BCUT2D eigenvalue weighted by atomic mass is 35.5. The molecule has 21 heavy (non-hydrogen) atoms. The SMILES string of the molecule is Cc1ccc(N(C)c2cc(Cl)ccc2/C=C/C(=O)O)cc1. The number of aryl methyl sites for hydroxylation is 1. The number of aliphatic carboxylic acids is 1. The van der Waals surface area contributed by atoms with Crippen molar-refractivity contribution in [1.82, 2.24) is 0 Å². The van der Waals surface area contributed by atoms with Gasteiger partial charge in [0.1, 0.15) is 0 Å². The van der Waals surface area contributed by atoms with E-state index < -0.39 is 5.97 Å². The van der Waals surface area contributed by atoms with Crippen LogP contribution in [0.3, 0.4) is 0 Å². The molecule has 0 amide bonds. The van der Waals surface area contributed by atoms with E-state index in [2.05, 4.69) is 0 Å². The number of nitrogens with zero attached hydrogens (tertiary/aromatic N) is 1. The smallest absolute Gasteiger partial charge is 0.328 e. The van der Waals surface area contributed by atoms with E-state index in [1.54, 1.807) is 12.1 Å². The predicted molar refractivity (Wildman–Crippen MR) is 87.4 cm³/mol. The van der Waals surface area contributed by atoms with Crippen molar-refractivity contribution in [2.75, 3.05) is 11.9 Å². The van der Waals surface area contributed by atoms with E-state index in [1.807, 2.05) is 55.3 Å². The second-order valence-corrected chi connectivity index (χ2v) is 5.21. The topological polar surface area (TPSA) is 40.5 Å². The quantitative estimate of drug-likeness (QED) is 0.844. The summed E-state index contributed by atoms with van der Waals surface area (Å²) in [5.41, 5.74) is 3.84. The molecule has 2 rings (SSSR count). The maximum atomic E-state index is 10.7. The van der Waals surface area contributed by atoms with Crippen LogP contribution in [0.1, 0.15) is 11.1 Å². The number of carboxylic acid groups (broad SMARTS) is 1. The molecule has 0 atom stereocenters. The number of carboxylic acids is 1. The average Bonchev–Trinajstić information content (AvgIpc) is 2.46. The van der Waals surface area contributed by atoms with Crippen LogP contribution >= 0.6 is 11.6 Å². The van der Waals surface area contributed by atoms with Gasteiger partial charge in [-0.2, -0.15) is 0 Å². The van der Waals surface area contributed by atoms with E-state index in [-0.39, 0.29) is 0 Å². The fourth-order valence-electron chi connectivity index (χ4n) is 2.02. The van der Waals surface area contributed by atoms with Crippen molar-refractivity contribution < 1.29 is 9.90 Å². The Kier molecular flexibility index (Phi) is 4.66.